The van der Waals surface area contributed by atoms with E-state index in [1.165, 1.54) is 4.88 Å². The molecule has 0 aliphatic heterocycles. The first-order chi connectivity index (χ1) is 5.65. The maximum absolute atomic E-state index is 11.2. The zero-order valence-corrected chi connectivity index (χ0v) is 8.37. The van der Waals surface area contributed by atoms with Crippen LogP contribution in [0.1, 0.15) is 22.6 Å². The molecule has 66 valence electrons. The average Bonchev–Trinajstić information content (AvgIpc) is 2.49. The van der Waals surface area contributed by atoms with Crippen molar-refractivity contribution in [1.29, 1.82) is 0 Å². The van der Waals surface area contributed by atoms with E-state index in [4.69, 9.17) is 0 Å². The summed E-state index contributed by atoms with van der Waals surface area (Å²) in [6.45, 7) is 3.97. The SMILES string of the molecule is CNC(=O)C(C)c1ccc(C)s1. The minimum atomic E-state index is -0.0197. The van der Waals surface area contributed by atoms with Gasteiger partial charge in [-0.05, 0) is 26.0 Å². The molecular weight excluding hydrogens is 170 g/mol. The second-order valence-corrected chi connectivity index (χ2v) is 4.10. The van der Waals surface area contributed by atoms with Crippen LogP contribution in [0, 0.1) is 6.92 Å². The summed E-state index contributed by atoms with van der Waals surface area (Å²) in [6, 6.07) is 4.05. The number of thiophene rings is 1. The van der Waals surface area contributed by atoms with Gasteiger partial charge in [0.15, 0.2) is 0 Å². The van der Waals surface area contributed by atoms with Crippen LogP contribution in [0.3, 0.4) is 0 Å². The molecule has 12 heavy (non-hydrogen) atoms. The van der Waals surface area contributed by atoms with Crippen molar-refractivity contribution < 1.29 is 4.79 Å². The molecule has 0 aliphatic carbocycles. The highest BCUT2D eigenvalue weighted by atomic mass is 32.1. The molecule has 0 spiro atoms. The lowest BCUT2D eigenvalue weighted by molar-refractivity contribution is -0.121. The lowest BCUT2D eigenvalue weighted by atomic mass is 10.1. The number of nitrogens with one attached hydrogen (secondary N) is 1. The number of aryl methyl sites for hydroxylation is 1. The summed E-state index contributed by atoms with van der Waals surface area (Å²) in [5.41, 5.74) is 0. The highest BCUT2D eigenvalue weighted by Crippen LogP contribution is 2.23. The van der Waals surface area contributed by atoms with Crippen LogP contribution in [-0.2, 0) is 4.79 Å². The van der Waals surface area contributed by atoms with Gasteiger partial charge in [0.2, 0.25) is 5.91 Å². The fourth-order valence-corrected chi connectivity index (χ4v) is 1.96. The first-order valence-electron chi connectivity index (χ1n) is 3.93. The Morgan fingerprint density at radius 3 is 2.67 bits per heavy atom. The van der Waals surface area contributed by atoms with Crippen LogP contribution in [0.4, 0.5) is 0 Å². The third kappa shape index (κ3) is 1.85. The van der Waals surface area contributed by atoms with E-state index in [9.17, 15) is 4.79 Å². The Morgan fingerprint density at radius 2 is 2.25 bits per heavy atom. The zero-order valence-electron chi connectivity index (χ0n) is 7.55. The molecule has 0 bridgehead atoms. The first kappa shape index (κ1) is 9.26. The second-order valence-electron chi connectivity index (χ2n) is 2.78. The van der Waals surface area contributed by atoms with Crippen LogP contribution in [0.15, 0.2) is 12.1 Å². The van der Waals surface area contributed by atoms with E-state index in [-0.39, 0.29) is 11.8 Å². The Morgan fingerprint density at radius 1 is 1.58 bits per heavy atom. The van der Waals surface area contributed by atoms with Crippen LogP contribution in [0.25, 0.3) is 0 Å². The number of hydrogen-bond donors (Lipinski definition) is 1. The summed E-state index contributed by atoms with van der Waals surface area (Å²) in [7, 11) is 1.67. The van der Waals surface area contributed by atoms with Crippen LogP contribution < -0.4 is 5.32 Å². The first-order valence-corrected chi connectivity index (χ1v) is 4.74. The molecule has 1 amide bonds. The van der Waals surface area contributed by atoms with Gasteiger partial charge in [0.1, 0.15) is 0 Å². The molecular formula is C9H13NOS. The summed E-state index contributed by atoms with van der Waals surface area (Å²) in [5.74, 6) is 0.0607. The van der Waals surface area contributed by atoms with Gasteiger partial charge in [-0.2, -0.15) is 0 Å². The summed E-state index contributed by atoms with van der Waals surface area (Å²) in [4.78, 5) is 13.6. The Kier molecular flexibility index (Phi) is 2.87. The minimum Gasteiger partial charge on any atom is -0.359 e. The Hall–Kier alpha value is -0.830. The molecule has 1 unspecified atom stereocenters. The second kappa shape index (κ2) is 3.72. The average molecular weight is 183 g/mol. The van der Waals surface area contributed by atoms with E-state index in [1.54, 1.807) is 18.4 Å². The van der Waals surface area contributed by atoms with Gasteiger partial charge in [0, 0.05) is 16.8 Å². The van der Waals surface area contributed by atoms with Crippen molar-refractivity contribution in [1.82, 2.24) is 5.32 Å². The van der Waals surface area contributed by atoms with E-state index in [2.05, 4.69) is 5.32 Å². The molecule has 0 aliphatic rings. The minimum absolute atomic E-state index is 0.0197. The smallest absolute Gasteiger partial charge is 0.227 e. The molecule has 0 fully saturated rings. The predicted molar refractivity (Wildman–Crippen MR) is 51.5 cm³/mol. The van der Waals surface area contributed by atoms with Gasteiger partial charge in [-0.1, -0.05) is 0 Å². The van der Waals surface area contributed by atoms with E-state index < -0.39 is 0 Å². The Labute approximate surface area is 76.6 Å². The van der Waals surface area contributed by atoms with Crippen molar-refractivity contribution in [3.8, 4) is 0 Å². The van der Waals surface area contributed by atoms with Crippen LogP contribution in [0.2, 0.25) is 0 Å². The molecule has 0 aromatic carbocycles. The maximum Gasteiger partial charge on any atom is 0.227 e. The van der Waals surface area contributed by atoms with Gasteiger partial charge in [-0.25, -0.2) is 0 Å². The molecule has 1 aromatic heterocycles. The highest BCUT2D eigenvalue weighted by molar-refractivity contribution is 7.12. The van der Waals surface area contributed by atoms with E-state index in [0.717, 1.165) is 4.88 Å². The third-order valence-electron chi connectivity index (χ3n) is 1.83. The van der Waals surface area contributed by atoms with E-state index in [0.29, 0.717) is 0 Å². The fourth-order valence-electron chi connectivity index (χ4n) is 1.03. The summed E-state index contributed by atoms with van der Waals surface area (Å²) in [5, 5.41) is 2.64. The Bertz CT molecular complexity index is 280. The number of hydrogen-bond acceptors (Lipinski definition) is 2. The monoisotopic (exact) mass is 183 g/mol. The number of amides is 1. The predicted octanol–water partition coefficient (Wildman–Crippen LogP) is 1.91. The summed E-state index contributed by atoms with van der Waals surface area (Å²) >= 11 is 1.68. The zero-order chi connectivity index (χ0) is 9.14. The van der Waals surface area contributed by atoms with Crippen molar-refractivity contribution in [2.45, 2.75) is 19.8 Å². The van der Waals surface area contributed by atoms with E-state index in [1.807, 2.05) is 26.0 Å². The normalized spacial score (nSPS) is 12.6. The molecule has 1 heterocycles. The van der Waals surface area contributed by atoms with Crippen molar-refractivity contribution in [3.63, 3.8) is 0 Å². The van der Waals surface area contributed by atoms with Gasteiger partial charge in [-0.15, -0.1) is 11.3 Å². The van der Waals surface area contributed by atoms with Gasteiger partial charge in [-0.3, -0.25) is 4.79 Å². The van der Waals surface area contributed by atoms with E-state index >= 15 is 0 Å². The molecule has 0 saturated heterocycles. The van der Waals surface area contributed by atoms with Crippen molar-refractivity contribution in [2.24, 2.45) is 0 Å². The largest absolute Gasteiger partial charge is 0.359 e. The Balaban J connectivity index is 2.77. The van der Waals surface area contributed by atoms with Crippen LogP contribution in [-0.4, -0.2) is 13.0 Å². The van der Waals surface area contributed by atoms with Crippen molar-refractivity contribution in [2.75, 3.05) is 7.05 Å². The molecule has 0 saturated carbocycles. The number of carbonyl (C=O) groups is 1. The van der Waals surface area contributed by atoms with Gasteiger partial charge in [0.25, 0.3) is 0 Å². The van der Waals surface area contributed by atoms with Crippen molar-refractivity contribution >= 4 is 17.2 Å². The molecule has 1 aromatic rings. The fraction of sp³-hybridized carbons (Fsp3) is 0.444. The highest BCUT2D eigenvalue weighted by Gasteiger charge is 2.14. The van der Waals surface area contributed by atoms with Gasteiger partial charge in [0.05, 0.1) is 5.92 Å². The van der Waals surface area contributed by atoms with Crippen LogP contribution in [0.5, 0.6) is 0 Å². The number of likely N-dealkylation sites (N-methyl/N-ethyl adjacent to an activating group) is 1. The van der Waals surface area contributed by atoms with Crippen LogP contribution >= 0.6 is 11.3 Å². The van der Waals surface area contributed by atoms with Gasteiger partial charge >= 0.3 is 0 Å². The molecule has 1 rings (SSSR count). The van der Waals surface area contributed by atoms with Gasteiger partial charge < -0.3 is 5.32 Å². The van der Waals surface area contributed by atoms with Crippen molar-refractivity contribution in [3.05, 3.63) is 21.9 Å². The quantitative estimate of drug-likeness (QED) is 0.745. The molecule has 1 N–H and O–H groups in total. The molecule has 1 atom stereocenters. The maximum atomic E-state index is 11.2. The standard InChI is InChI=1S/C9H13NOS/c1-6-4-5-8(12-6)7(2)9(11)10-3/h4-5,7H,1-3H3,(H,10,11). The molecule has 0 radical (unpaired) electrons. The third-order valence-corrected chi connectivity index (χ3v) is 3.01. The topological polar surface area (TPSA) is 29.1 Å². The lowest BCUT2D eigenvalue weighted by Gasteiger charge is -2.06. The number of carbonyl (C=O) groups excluding carboxylic acids is 1. The molecule has 2 nitrogen and oxygen atoms in total. The number of rotatable bonds is 2. The molecule has 3 heteroatoms. The lowest BCUT2D eigenvalue weighted by Crippen LogP contribution is -2.23. The summed E-state index contributed by atoms with van der Waals surface area (Å²) in [6.07, 6.45) is 0. The summed E-state index contributed by atoms with van der Waals surface area (Å²) < 4.78 is 0.